The molecule has 3 amide bonds. The highest BCUT2D eigenvalue weighted by Gasteiger charge is 2.34. The Balaban J connectivity index is 1.52. The number of amides is 3. The van der Waals surface area contributed by atoms with Crippen LogP contribution in [0.15, 0.2) is 36.4 Å². The van der Waals surface area contributed by atoms with E-state index in [2.05, 4.69) is 0 Å². The van der Waals surface area contributed by atoms with Crippen molar-refractivity contribution in [2.24, 2.45) is 0 Å². The van der Waals surface area contributed by atoms with Gasteiger partial charge in [-0.15, -0.1) is 16.4 Å². The van der Waals surface area contributed by atoms with Crippen LogP contribution in [0.3, 0.4) is 0 Å². The first-order valence-electron chi connectivity index (χ1n) is 10.2. The summed E-state index contributed by atoms with van der Waals surface area (Å²) in [5.41, 5.74) is 0.609. The van der Waals surface area contributed by atoms with Crippen LogP contribution in [0, 0.1) is 0 Å². The van der Waals surface area contributed by atoms with E-state index in [0.717, 1.165) is 21.5 Å². The number of halogens is 1. The number of hydrogen-bond acceptors (Lipinski definition) is 8. The Morgan fingerprint density at radius 3 is 2.61 bits per heavy atom. The van der Waals surface area contributed by atoms with Crippen LogP contribution in [-0.4, -0.2) is 72.6 Å². The zero-order chi connectivity index (χ0) is 24.0. The number of thiophene rings is 1. The van der Waals surface area contributed by atoms with Gasteiger partial charge in [0, 0.05) is 25.7 Å². The predicted octanol–water partition coefficient (Wildman–Crippen LogP) is 2.96. The van der Waals surface area contributed by atoms with Crippen molar-refractivity contribution in [1.82, 2.24) is 10.1 Å². The van der Waals surface area contributed by atoms with Gasteiger partial charge in [0.25, 0.3) is 5.91 Å². The molecule has 1 aromatic heterocycles. The zero-order valence-corrected chi connectivity index (χ0v) is 19.7. The number of aliphatic hydroxyl groups excluding tert-OH is 1. The van der Waals surface area contributed by atoms with Gasteiger partial charge in [0.05, 0.1) is 15.8 Å². The molecule has 1 N–H and O–H groups in total. The van der Waals surface area contributed by atoms with Gasteiger partial charge in [0.1, 0.15) is 13.2 Å². The van der Waals surface area contributed by atoms with Crippen LogP contribution in [0.4, 0.5) is 10.5 Å². The second-order valence-electron chi connectivity index (χ2n) is 6.98. The average molecular weight is 498 g/mol. The monoisotopic (exact) mass is 497 g/mol. The van der Waals surface area contributed by atoms with Crippen molar-refractivity contribution in [3.63, 3.8) is 0 Å². The number of rotatable bonds is 10. The van der Waals surface area contributed by atoms with E-state index in [1.165, 1.54) is 11.9 Å². The molecular formula is C21H24ClN3O7S. The van der Waals surface area contributed by atoms with Crippen molar-refractivity contribution in [1.29, 1.82) is 0 Å². The smallest absolute Gasteiger partial charge is 0.439 e. The number of cyclic esters (lactones) is 1. The van der Waals surface area contributed by atoms with Gasteiger partial charge < -0.3 is 19.6 Å². The first-order chi connectivity index (χ1) is 15.8. The topological polar surface area (TPSA) is 109 Å². The Kier molecular flexibility index (Phi) is 8.50. The molecule has 1 atom stereocenters. The predicted molar refractivity (Wildman–Crippen MR) is 121 cm³/mol. The summed E-state index contributed by atoms with van der Waals surface area (Å²) < 4.78 is 5.72. The standard InChI is InChI=1S/C21H24ClN3O7S/c1-3-19(27)24(10-11-26)14-4-6-15(7-5-14)32-25-12-16(31-21(25)29)13-30-23(2)20(28)17-8-9-18(22)33-17/h4-9,16,26H,3,10-13H2,1-2H3. The van der Waals surface area contributed by atoms with Gasteiger partial charge in [-0.3, -0.25) is 14.4 Å². The fourth-order valence-corrected chi connectivity index (χ4v) is 4.01. The maximum absolute atomic E-state index is 12.3. The summed E-state index contributed by atoms with van der Waals surface area (Å²) in [5.74, 6) is -0.109. The summed E-state index contributed by atoms with van der Waals surface area (Å²) in [6.07, 6.45) is -1.01. The highest BCUT2D eigenvalue weighted by molar-refractivity contribution is 7.17. The number of aliphatic hydroxyl groups is 1. The van der Waals surface area contributed by atoms with E-state index < -0.39 is 12.2 Å². The van der Waals surface area contributed by atoms with Crippen molar-refractivity contribution in [3.05, 3.63) is 45.6 Å². The number of hydroxylamine groups is 4. The molecule has 1 unspecified atom stereocenters. The van der Waals surface area contributed by atoms with Gasteiger partial charge in [-0.05, 0) is 36.4 Å². The molecule has 2 aromatic rings. The van der Waals surface area contributed by atoms with E-state index in [1.807, 2.05) is 0 Å². The summed E-state index contributed by atoms with van der Waals surface area (Å²) in [6, 6.07) is 9.78. The van der Waals surface area contributed by atoms with Crippen LogP contribution in [0.25, 0.3) is 0 Å². The maximum Gasteiger partial charge on any atom is 0.443 e. The minimum Gasteiger partial charge on any atom is -0.439 e. The molecule has 10 nitrogen and oxygen atoms in total. The van der Waals surface area contributed by atoms with Crippen LogP contribution in [0.2, 0.25) is 4.34 Å². The van der Waals surface area contributed by atoms with Crippen LogP contribution in [0.5, 0.6) is 5.75 Å². The summed E-state index contributed by atoms with van der Waals surface area (Å²) in [4.78, 5) is 49.4. The largest absolute Gasteiger partial charge is 0.443 e. The Hall–Kier alpha value is -2.86. The van der Waals surface area contributed by atoms with E-state index in [1.54, 1.807) is 43.3 Å². The second-order valence-corrected chi connectivity index (χ2v) is 8.69. The lowest BCUT2D eigenvalue weighted by Crippen LogP contribution is -2.33. The van der Waals surface area contributed by atoms with Crippen molar-refractivity contribution in [2.45, 2.75) is 19.4 Å². The van der Waals surface area contributed by atoms with Gasteiger partial charge in [0.15, 0.2) is 11.9 Å². The van der Waals surface area contributed by atoms with Crippen LogP contribution >= 0.6 is 22.9 Å². The lowest BCUT2D eigenvalue weighted by Gasteiger charge is -2.22. The number of benzene rings is 1. The molecular weight excluding hydrogens is 474 g/mol. The molecule has 1 saturated heterocycles. The number of ether oxygens (including phenoxy) is 1. The highest BCUT2D eigenvalue weighted by atomic mass is 35.5. The quantitative estimate of drug-likeness (QED) is 0.502. The fourth-order valence-electron chi connectivity index (χ4n) is 3.00. The number of nitrogens with zero attached hydrogens (tertiary/aromatic N) is 3. The number of hydrogen-bond donors (Lipinski definition) is 1. The lowest BCUT2D eigenvalue weighted by molar-refractivity contribution is -0.126. The molecule has 0 spiro atoms. The molecule has 0 bridgehead atoms. The molecule has 1 aliphatic rings. The Bertz CT molecular complexity index is 984. The van der Waals surface area contributed by atoms with E-state index >= 15 is 0 Å². The normalized spacial score (nSPS) is 15.3. The Labute approximate surface area is 199 Å². The van der Waals surface area contributed by atoms with Gasteiger partial charge in [-0.25, -0.2) is 9.86 Å². The molecule has 33 heavy (non-hydrogen) atoms. The molecule has 1 aliphatic heterocycles. The number of carbonyl (C=O) groups is 3. The van der Waals surface area contributed by atoms with E-state index in [9.17, 15) is 19.5 Å². The third-order valence-corrected chi connectivity index (χ3v) is 5.87. The zero-order valence-electron chi connectivity index (χ0n) is 18.1. The SMILES string of the molecule is CCC(=O)N(CCO)c1ccc(ON2CC(CON(C)C(=O)c3ccc(Cl)s3)OC2=O)cc1. The fraction of sp³-hybridized carbons (Fsp3) is 0.381. The third kappa shape index (κ3) is 6.35. The highest BCUT2D eigenvalue weighted by Crippen LogP contribution is 2.24. The molecule has 1 fully saturated rings. The molecule has 3 rings (SSSR count). The lowest BCUT2D eigenvalue weighted by atomic mass is 10.2. The first-order valence-corrected chi connectivity index (χ1v) is 11.4. The summed E-state index contributed by atoms with van der Waals surface area (Å²) in [6.45, 7) is 1.83. The van der Waals surface area contributed by atoms with Crippen molar-refractivity contribution < 1.29 is 33.9 Å². The van der Waals surface area contributed by atoms with Crippen LogP contribution in [-0.2, 0) is 14.4 Å². The summed E-state index contributed by atoms with van der Waals surface area (Å²) in [5, 5.41) is 11.3. The van der Waals surface area contributed by atoms with E-state index in [-0.39, 0.29) is 38.1 Å². The van der Waals surface area contributed by atoms with Crippen LogP contribution < -0.4 is 9.74 Å². The van der Waals surface area contributed by atoms with E-state index in [0.29, 0.717) is 27.1 Å². The molecule has 1 aromatic carbocycles. The third-order valence-electron chi connectivity index (χ3n) is 4.66. The van der Waals surface area contributed by atoms with Crippen molar-refractivity contribution in [2.75, 3.05) is 38.3 Å². The molecule has 0 saturated carbocycles. The Morgan fingerprint density at radius 1 is 1.27 bits per heavy atom. The number of anilines is 1. The van der Waals surface area contributed by atoms with E-state index in [4.69, 9.17) is 26.0 Å². The maximum atomic E-state index is 12.3. The second kappa shape index (κ2) is 11.3. The minimum absolute atomic E-state index is 0.0405. The molecule has 2 heterocycles. The number of carbonyl (C=O) groups excluding carboxylic acids is 3. The molecule has 0 aliphatic carbocycles. The summed E-state index contributed by atoms with van der Waals surface area (Å²) >= 11 is 6.99. The van der Waals surface area contributed by atoms with Crippen molar-refractivity contribution >= 4 is 46.5 Å². The first kappa shape index (κ1) is 24.8. The van der Waals surface area contributed by atoms with Gasteiger partial charge >= 0.3 is 6.09 Å². The Morgan fingerprint density at radius 2 is 2.00 bits per heavy atom. The van der Waals surface area contributed by atoms with Gasteiger partial charge in [-0.1, -0.05) is 18.5 Å². The molecule has 0 radical (unpaired) electrons. The van der Waals surface area contributed by atoms with Crippen molar-refractivity contribution in [3.8, 4) is 5.75 Å². The molecule has 12 heteroatoms. The van der Waals surface area contributed by atoms with Crippen LogP contribution in [0.1, 0.15) is 23.0 Å². The van der Waals surface area contributed by atoms with Gasteiger partial charge in [0.2, 0.25) is 5.91 Å². The summed E-state index contributed by atoms with van der Waals surface area (Å²) in [7, 11) is 1.46. The average Bonchev–Trinajstić information content (AvgIpc) is 3.40. The minimum atomic E-state index is -0.685. The molecule has 178 valence electrons. The van der Waals surface area contributed by atoms with Gasteiger partial charge in [-0.2, -0.15) is 0 Å².